The number of ether oxygens (including phenoxy) is 2. The van der Waals surface area contributed by atoms with Crippen molar-refractivity contribution < 1.29 is 19.1 Å². The molecule has 0 aliphatic rings. The van der Waals surface area contributed by atoms with Crippen LogP contribution in [0.2, 0.25) is 0 Å². The first-order chi connectivity index (χ1) is 17.0. The lowest BCUT2D eigenvalue weighted by molar-refractivity contribution is 0.0624. The Morgan fingerprint density at radius 2 is 1.74 bits per heavy atom. The van der Waals surface area contributed by atoms with Gasteiger partial charge in [-0.2, -0.15) is 5.10 Å². The van der Waals surface area contributed by atoms with Gasteiger partial charge in [-0.1, -0.05) is 30.3 Å². The maximum atomic E-state index is 13.3. The second-order valence-corrected chi connectivity index (χ2v) is 7.79. The van der Waals surface area contributed by atoms with Crippen LogP contribution in [0, 0.1) is 0 Å². The Bertz CT molecular complexity index is 1290. The molecular formula is C24H27N7O4. The van der Waals surface area contributed by atoms with Crippen molar-refractivity contribution in [1.29, 1.82) is 0 Å². The number of hydrogen-bond acceptors (Lipinski definition) is 7. The number of nitrogens with zero attached hydrogens (tertiary/aromatic N) is 6. The Labute approximate surface area is 202 Å². The molecule has 4 aromatic rings. The second-order valence-electron chi connectivity index (χ2n) is 7.79. The van der Waals surface area contributed by atoms with Gasteiger partial charge in [0.1, 0.15) is 5.69 Å². The number of methoxy groups -OCH3 is 2. The molecule has 0 aliphatic carbocycles. The molecule has 35 heavy (non-hydrogen) atoms. The fourth-order valence-corrected chi connectivity index (χ4v) is 3.57. The van der Waals surface area contributed by atoms with Gasteiger partial charge >= 0.3 is 0 Å². The summed E-state index contributed by atoms with van der Waals surface area (Å²) in [5.41, 5.74) is 2.37. The number of fused-ring (bicyclic) bond motifs is 1. The first-order valence-electron chi connectivity index (χ1n) is 11.0. The number of benzene rings is 1. The quantitative estimate of drug-likeness (QED) is 0.372. The molecule has 3 aromatic heterocycles. The van der Waals surface area contributed by atoms with Crippen LogP contribution in [-0.2, 0) is 9.47 Å². The van der Waals surface area contributed by atoms with E-state index < -0.39 is 5.91 Å². The van der Waals surface area contributed by atoms with Gasteiger partial charge in [-0.15, -0.1) is 5.10 Å². The van der Waals surface area contributed by atoms with Crippen LogP contribution >= 0.6 is 0 Å². The summed E-state index contributed by atoms with van der Waals surface area (Å²) in [7, 11) is 4.76. The van der Waals surface area contributed by atoms with E-state index in [0.717, 1.165) is 5.56 Å². The molecule has 0 bridgehead atoms. The molecule has 182 valence electrons. The summed E-state index contributed by atoms with van der Waals surface area (Å²) in [6, 6.07) is 13.2. The molecule has 11 nitrogen and oxygen atoms in total. The second kappa shape index (κ2) is 10.9. The lowest BCUT2D eigenvalue weighted by atomic mass is 10.2. The van der Waals surface area contributed by atoms with E-state index in [-0.39, 0.29) is 17.2 Å². The van der Waals surface area contributed by atoms with Crippen molar-refractivity contribution in [1.82, 2.24) is 29.7 Å². The number of aromatic nitrogens is 5. The third kappa shape index (κ3) is 5.20. The molecule has 3 heterocycles. The number of aromatic amines is 1. The lowest BCUT2D eigenvalue weighted by Crippen LogP contribution is -2.38. The van der Waals surface area contributed by atoms with Gasteiger partial charge in [0.25, 0.3) is 11.8 Å². The normalized spacial score (nSPS) is 11.1. The largest absolute Gasteiger partial charge is 0.383 e. The summed E-state index contributed by atoms with van der Waals surface area (Å²) in [4.78, 5) is 34.1. The molecule has 1 N–H and O–H groups in total. The van der Waals surface area contributed by atoms with E-state index in [9.17, 15) is 9.59 Å². The number of carbonyl (C=O) groups excluding carboxylic acids is 2. The van der Waals surface area contributed by atoms with Gasteiger partial charge in [0.05, 0.1) is 25.0 Å². The number of carbonyl (C=O) groups is 2. The molecular weight excluding hydrogens is 450 g/mol. The summed E-state index contributed by atoms with van der Waals surface area (Å²) in [6.45, 7) is 1.45. The molecule has 0 atom stereocenters. The van der Waals surface area contributed by atoms with Gasteiger partial charge in [0.15, 0.2) is 11.5 Å². The van der Waals surface area contributed by atoms with E-state index in [2.05, 4.69) is 20.3 Å². The Morgan fingerprint density at radius 1 is 1.03 bits per heavy atom. The van der Waals surface area contributed by atoms with Gasteiger partial charge in [-0.05, 0) is 6.07 Å². The van der Waals surface area contributed by atoms with Crippen LogP contribution in [0.15, 0.2) is 54.9 Å². The molecule has 4 rings (SSSR count). The first kappa shape index (κ1) is 24.0. The van der Waals surface area contributed by atoms with Crippen LogP contribution in [0.5, 0.6) is 0 Å². The predicted molar refractivity (Wildman–Crippen MR) is 129 cm³/mol. The van der Waals surface area contributed by atoms with Crippen molar-refractivity contribution in [3.8, 4) is 11.4 Å². The third-order valence-electron chi connectivity index (χ3n) is 5.55. The zero-order chi connectivity index (χ0) is 24.8. The number of amides is 2. The van der Waals surface area contributed by atoms with Crippen molar-refractivity contribution in [2.24, 2.45) is 0 Å². The highest BCUT2D eigenvalue weighted by molar-refractivity contribution is 6.11. The fourth-order valence-electron chi connectivity index (χ4n) is 3.57. The highest BCUT2D eigenvalue weighted by atomic mass is 16.5. The predicted octanol–water partition coefficient (Wildman–Crippen LogP) is 2.13. The number of rotatable bonds is 10. The number of nitrogens with one attached hydrogen (secondary N) is 1. The van der Waals surface area contributed by atoms with Crippen LogP contribution in [0.1, 0.15) is 20.8 Å². The molecule has 0 aliphatic heterocycles. The molecule has 1 aromatic carbocycles. The molecule has 2 amide bonds. The molecule has 0 saturated carbocycles. The Balaban J connectivity index is 1.57. The van der Waals surface area contributed by atoms with Crippen LogP contribution in [0.3, 0.4) is 0 Å². The van der Waals surface area contributed by atoms with Crippen molar-refractivity contribution in [2.75, 3.05) is 52.5 Å². The molecule has 0 fully saturated rings. The maximum absolute atomic E-state index is 13.3. The van der Waals surface area contributed by atoms with Crippen LogP contribution in [0.25, 0.3) is 17.0 Å². The van der Waals surface area contributed by atoms with Crippen LogP contribution in [-0.4, -0.2) is 89.1 Å². The number of H-pyrrole nitrogens is 1. The minimum Gasteiger partial charge on any atom is -0.383 e. The van der Waals surface area contributed by atoms with Crippen LogP contribution in [0.4, 0.5) is 5.69 Å². The Kier molecular flexibility index (Phi) is 7.48. The highest BCUT2D eigenvalue weighted by Gasteiger charge is 2.26. The van der Waals surface area contributed by atoms with Gasteiger partial charge in [-0.3, -0.25) is 14.7 Å². The molecule has 0 spiro atoms. The zero-order valence-corrected chi connectivity index (χ0v) is 19.8. The van der Waals surface area contributed by atoms with Gasteiger partial charge in [-0.25, -0.2) is 9.50 Å². The molecule has 0 saturated heterocycles. The van der Waals surface area contributed by atoms with Crippen molar-refractivity contribution in [2.45, 2.75) is 0 Å². The lowest BCUT2D eigenvalue weighted by Gasteiger charge is -2.22. The summed E-state index contributed by atoms with van der Waals surface area (Å²) in [5, 5.41) is 11.1. The molecule has 0 radical (unpaired) electrons. The molecule has 11 heteroatoms. The smallest absolute Gasteiger partial charge is 0.276 e. The maximum Gasteiger partial charge on any atom is 0.276 e. The average molecular weight is 478 g/mol. The minimum absolute atomic E-state index is 0.101. The zero-order valence-electron chi connectivity index (χ0n) is 19.8. The van der Waals surface area contributed by atoms with Crippen molar-refractivity contribution in [3.63, 3.8) is 0 Å². The van der Waals surface area contributed by atoms with E-state index >= 15 is 0 Å². The van der Waals surface area contributed by atoms with Gasteiger partial charge in [0.2, 0.25) is 0 Å². The summed E-state index contributed by atoms with van der Waals surface area (Å²) in [5.74, 6) is -0.146. The van der Waals surface area contributed by atoms with E-state index in [1.165, 1.54) is 11.1 Å². The van der Waals surface area contributed by atoms with Crippen molar-refractivity contribution >= 4 is 23.1 Å². The van der Waals surface area contributed by atoms with E-state index in [1.807, 2.05) is 30.3 Å². The highest BCUT2D eigenvalue weighted by Crippen LogP contribution is 2.21. The van der Waals surface area contributed by atoms with Crippen LogP contribution < -0.4 is 4.90 Å². The Morgan fingerprint density at radius 3 is 2.43 bits per heavy atom. The van der Waals surface area contributed by atoms with Gasteiger partial charge in [0, 0.05) is 57.9 Å². The minimum atomic E-state index is -0.406. The van der Waals surface area contributed by atoms with Gasteiger partial charge < -0.3 is 19.3 Å². The summed E-state index contributed by atoms with van der Waals surface area (Å²) >= 11 is 0. The van der Waals surface area contributed by atoms with E-state index in [0.29, 0.717) is 43.5 Å². The number of hydrogen-bond donors (Lipinski definition) is 1. The Hall–Kier alpha value is -4.09. The third-order valence-corrected chi connectivity index (χ3v) is 5.55. The van der Waals surface area contributed by atoms with E-state index in [1.54, 1.807) is 49.0 Å². The topological polar surface area (TPSA) is 118 Å². The SMILES string of the molecule is COCCN(CCOC)C(=O)c1cn[nH]c1C(=O)N(C)c1ccn2nc(-c3ccccc3)nc2c1. The molecule has 0 unspecified atom stereocenters. The first-order valence-corrected chi connectivity index (χ1v) is 11.0. The standard InChI is InChI=1S/C24H27N7O4/c1-29(18-9-10-31-20(15-18)26-22(28-31)17-7-5-4-6-8-17)24(33)21-19(16-25-27-21)23(32)30(11-13-34-2)12-14-35-3/h4-10,15-16H,11-14H2,1-3H3,(H,25,27). The summed E-state index contributed by atoms with van der Waals surface area (Å²) in [6.07, 6.45) is 3.11. The monoisotopic (exact) mass is 477 g/mol. The number of anilines is 1. The van der Waals surface area contributed by atoms with E-state index in [4.69, 9.17) is 9.47 Å². The fraction of sp³-hybridized carbons (Fsp3) is 0.292. The average Bonchev–Trinajstić information content (AvgIpc) is 3.55. The number of pyridine rings is 1. The summed E-state index contributed by atoms with van der Waals surface area (Å²) < 4.78 is 11.9. The van der Waals surface area contributed by atoms with Crippen molar-refractivity contribution in [3.05, 3.63) is 66.1 Å².